The van der Waals surface area contributed by atoms with Gasteiger partial charge in [0.1, 0.15) is 0 Å². The summed E-state index contributed by atoms with van der Waals surface area (Å²) in [5, 5.41) is 28.5. The molecule has 1 amide bonds. The van der Waals surface area contributed by atoms with Crippen LogP contribution in [-0.4, -0.2) is 132 Å². The van der Waals surface area contributed by atoms with Crippen molar-refractivity contribution in [3.8, 4) is 0 Å². The fourth-order valence-electron chi connectivity index (χ4n) is 4.73. The second-order valence-corrected chi connectivity index (χ2v) is 11.4. The van der Waals surface area contributed by atoms with Gasteiger partial charge in [0.15, 0.2) is 5.60 Å². The Balaban J connectivity index is 0.000000505. The molecular weight excluding hydrogens is 842 g/mol. The molecule has 0 saturated carbocycles. The molecule has 3 aromatic heterocycles. The number of carboxylic acids is 4. The number of rotatable bonds is 5. The smallest absolute Gasteiger partial charge is 0.475 e. The number of hydrogen-bond donors (Lipinski definition) is 4. The maximum absolute atomic E-state index is 13.9. The molecular formula is C32H29F12N5O10. The second kappa shape index (κ2) is 21.6. The number of nitrogens with zero attached hydrogens (tertiary/aromatic N) is 5. The van der Waals surface area contributed by atoms with Crippen molar-refractivity contribution in [3.63, 3.8) is 0 Å². The normalized spacial score (nSPS) is 18.0. The number of likely N-dealkylation sites (tertiary alicyclic amines) is 1. The Kier molecular flexibility index (Phi) is 18.6. The Labute approximate surface area is 322 Å². The minimum atomic E-state index is -5.08. The molecule has 5 heterocycles. The first-order chi connectivity index (χ1) is 27.0. The third-order valence-corrected chi connectivity index (χ3v) is 7.17. The first-order valence-electron chi connectivity index (χ1n) is 15.6. The van der Waals surface area contributed by atoms with Crippen molar-refractivity contribution < 1.29 is 102 Å². The predicted molar refractivity (Wildman–Crippen MR) is 170 cm³/mol. The molecule has 2 atom stereocenters. The van der Waals surface area contributed by atoms with E-state index in [4.69, 9.17) is 44.3 Å². The molecule has 4 N–H and O–H groups in total. The average Bonchev–Trinajstić information content (AvgIpc) is 3.49. The Hall–Kier alpha value is -6.12. The van der Waals surface area contributed by atoms with Gasteiger partial charge in [-0.15, -0.1) is 0 Å². The average molecular weight is 872 g/mol. The molecule has 2 unspecified atom stereocenters. The molecule has 0 radical (unpaired) electrons. The third-order valence-electron chi connectivity index (χ3n) is 7.17. The minimum Gasteiger partial charge on any atom is -0.475 e. The molecule has 5 rings (SSSR count). The Morgan fingerprint density at radius 2 is 1.03 bits per heavy atom. The number of pyridine rings is 3. The Morgan fingerprint density at radius 3 is 1.39 bits per heavy atom. The second-order valence-electron chi connectivity index (χ2n) is 11.4. The van der Waals surface area contributed by atoms with Crippen LogP contribution in [0.1, 0.15) is 22.6 Å². The lowest BCUT2D eigenvalue weighted by Crippen LogP contribution is -2.59. The summed E-state index contributed by atoms with van der Waals surface area (Å²) in [5.41, 5.74) is 2.39. The van der Waals surface area contributed by atoms with E-state index < -0.39 is 54.2 Å². The van der Waals surface area contributed by atoms with Gasteiger partial charge in [-0.25, -0.2) is 19.2 Å². The van der Waals surface area contributed by atoms with Gasteiger partial charge in [0.25, 0.3) is 5.91 Å². The molecule has 0 aliphatic carbocycles. The van der Waals surface area contributed by atoms with Crippen LogP contribution in [0.15, 0.2) is 73.6 Å². The van der Waals surface area contributed by atoms with Crippen molar-refractivity contribution in [1.29, 1.82) is 0 Å². The highest BCUT2D eigenvalue weighted by molar-refractivity contribution is 5.88. The van der Waals surface area contributed by atoms with E-state index in [-0.39, 0.29) is 11.8 Å². The molecule has 326 valence electrons. The maximum atomic E-state index is 13.9. The summed E-state index contributed by atoms with van der Waals surface area (Å²) in [5.74, 6) is -11.0. The lowest BCUT2D eigenvalue weighted by Gasteiger charge is -2.42. The lowest BCUT2D eigenvalue weighted by molar-refractivity contribution is -0.193. The van der Waals surface area contributed by atoms with Crippen molar-refractivity contribution in [2.24, 2.45) is 0 Å². The molecule has 15 nitrogen and oxygen atoms in total. The predicted octanol–water partition coefficient (Wildman–Crippen LogP) is 4.80. The van der Waals surface area contributed by atoms with Gasteiger partial charge in [-0.1, -0.05) is 6.07 Å². The van der Waals surface area contributed by atoms with E-state index in [0.717, 1.165) is 24.2 Å². The zero-order valence-electron chi connectivity index (χ0n) is 29.3. The minimum absolute atomic E-state index is 0.0571. The van der Waals surface area contributed by atoms with Crippen LogP contribution in [0.25, 0.3) is 0 Å². The zero-order chi connectivity index (χ0) is 45.4. The summed E-state index contributed by atoms with van der Waals surface area (Å²) in [6.07, 6.45) is -9.57. The van der Waals surface area contributed by atoms with Gasteiger partial charge in [-0.05, 0) is 47.0 Å². The van der Waals surface area contributed by atoms with Gasteiger partial charge in [0.05, 0.1) is 6.61 Å². The number of ether oxygens (including phenoxy) is 1. The molecule has 27 heteroatoms. The zero-order valence-corrected chi connectivity index (χ0v) is 29.3. The van der Waals surface area contributed by atoms with Crippen LogP contribution in [0.2, 0.25) is 0 Å². The highest BCUT2D eigenvalue weighted by Gasteiger charge is 2.57. The topological polar surface area (TPSA) is 221 Å². The van der Waals surface area contributed by atoms with Crippen molar-refractivity contribution in [2.75, 3.05) is 26.2 Å². The quantitative estimate of drug-likeness (QED) is 0.253. The van der Waals surface area contributed by atoms with Gasteiger partial charge in [0, 0.05) is 75.8 Å². The van der Waals surface area contributed by atoms with E-state index in [0.29, 0.717) is 26.2 Å². The molecule has 1 spiro atoms. The van der Waals surface area contributed by atoms with Crippen molar-refractivity contribution >= 4 is 29.8 Å². The number of carbonyl (C=O) groups is 5. The van der Waals surface area contributed by atoms with E-state index in [1.807, 2.05) is 47.5 Å². The fraction of sp³-hybridized carbons (Fsp3) is 0.375. The van der Waals surface area contributed by atoms with Crippen LogP contribution >= 0.6 is 0 Å². The van der Waals surface area contributed by atoms with E-state index in [2.05, 4.69) is 19.9 Å². The number of morpholine rings is 1. The van der Waals surface area contributed by atoms with Crippen LogP contribution in [0.5, 0.6) is 0 Å². The van der Waals surface area contributed by atoms with E-state index in [1.54, 1.807) is 31.0 Å². The van der Waals surface area contributed by atoms with Crippen LogP contribution in [0.4, 0.5) is 52.7 Å². The van der Waals surface area contributed by atoms with E-state index >= 15 is 0 Å². The fourth-order valence-corrected chi connectivity index (χ4v) is 4.73. The number of carbonyl (C=O) groups excluding carboxylic acids is 1. The summed E-state index contributed by atoms with van der Waals surface area (Å²) >= 11 is 0. The molecule has 2 aliphatic heterocycles. The van der Waals surface area contributed by atoms with Crippen LogP contribution in [0, 0.1) is 0 Å². The summed E-state index contributed by atoms with van der Waals surface area (Å²) in [4.78, 5) is 66.2. The molecule has 59 heavy (non-hydrogen) atoms. The Morgan fingerprint density at radius 1 is 0.644 bits per heavy atom. The van der Waals surface area contributed by atoms with Crippen molar-refractivity contribution in [3.05, 3.63) is 90.3 Å². The van der Waals surface area contributed by atoms with E-state index in [1.165, 1.54) is 5.56 Å². The molecule has 0 aromatic carbocycles. The van der Waals surface area contributed by atoms with Gasteiger partial charge in [0.2, 0.25) is 0 Å². The summed E-state index contributed by atoms with van der Waals surface area (Å²) in [6, 6.07) is 11.9. The first kappa shape index (κ1) is 50.9. The van der Waals surface area contributed by atoms with E-state index in [9.17, 15) is 57.5 Å². The Bertz CT molecular complexity index is 1720. The van der Waals surface area contributed by atoms with Crippen LogP contribution < -0.4 is 0 Å². The molecule has 2 aliphatic rings. The number of halogens is 12. The lowest BCUT2D eigenvalue weighted by atomic mass is 9.83. The van der Waals surface area contributed by atoms with Gasteiger partial charge >= 0.3 is 48.6 Å². The van der Waals surface area contributed by atoms with Crippen LogP contribution in [-0.2, 0) is 41.8 Å². The number of hydrogen-bond acceptors (Lipinski definition) is 10. The van der Waals surface area contributed by atoms with Crippen LogP contribution in [0.3, 0.4) is 0 Å². The molecule has 2 saturated heterocycles. The summed E-state index contributed by atoms with van der Waals surface area (Å²) in [7, 11) is 0. The summed E-state index contributed by atoms with van der Waals surface area (Å²) in [6.45, 7) is 3.73. The molecule has 3 aromatic rings. The monoisotopic (exact) mass is 871 g/mol. The number of amides is 1. The summed E-state index contributed by atoms with van der Waals surface area (Å²) < 4.78 is 133. The standard InChI is InChI=1S/C24H25N5O2.4C2HF3O2/c30-23-24(31-13-12-29(23)16-20-5-10-26-11-6-20)18-28(15-19-3-8-25-9-4-19)17-22(24)21-2-1-7-27-14-21;4*3-2(4,5)1(6)7/h1-11,14,22H,12-13,15-18H2;4*(H,6,7). The van der Waals surface area contributed by atoms with Crippen molar-refractivity contribution in [1.82, 2.24) is 24.8 Å². The highest BCUT2D eigenvalue weighted by Crippen LogP contribution is 2.42. The number of carboxylic acid groups (broad SMARTS) is 4. The SMILES string of the molecule is O=C(O)C(F)(F)F.O=C(O)C(F)(F)F.O=C(O)C(F)(F)F.O=C(O)C(F)(F)F.O=C1N(Cc2ccncc2)CCOC12CN(Cc1ccncc1)CC2c1cccnc1. The third kappa shape index (κ3) is 17.5. The maximum Gasteiger partial charge on any atom is 0.490 e. The van der Waals surface area contributed by atoms with Gasteiger partial charge in [-0.3, -0.25) is 24.6 Å². The first-order valence-corrected chi connectivity index (χ1v) is 15.6. The van der Waals surface area contributed by atoms with Gasteiger partial charge in [-0.2, -0.15) is 52.7 Å². The van der Waals surface area contributed by atoms with Crippen molar-refractivity contribution in [2.45, 2.75) is 49.3 Å². The van der Waals surface area contributed by atoms with Gasteiger partial charge < -0.3 is 30.1 Å². The number of alkyl halides is 12. The highest BCUT2D eigenvalue weighted by atomic mass is 19.4. The largest absolute Gasteiger partial charge is 0.490 e. The number of aromatic nitrogens is 3. The molecule has 2 fully saturated rings. The molecule has 0 bridgehead atoms. The number of aliphatic carboxylic acids is 4.